The van der Waals surface area contributed by atoms with E-state index in [2.05, 4.69) is 5.32 Å². The summed E-state index contributed by atoms with van der Waals surface area (Å²) in [7, 11) is 0. The zero-order valence-corrected chi connectivity index (χ0v) is 8.58. The van der Waals surface area contributed by atoms with Crippen LogP contribution in [0.2, 0.25) is 0 Å². The van der Waals surface area contributed by atoms with E-state index in [0.29, 0.717) is 13.2 Å². The highest BCUT2D eigenvalue weighted by atomic mass is 16.5. The molecule has 0 aromatic carbocycles. The minimum atomic E-state index is 0.0926. The number of aliphatic hydroxyl groups is 1. The van der Waals surface area contributed by atoms with Gasteiger partial charge in [0, 0.05) is 19.7 Å². The van der Waals surface area contributed by atoms with Crippen molar-refractivity contribution in [2.75, 3.05) is 39.5 Å². The lowest BCUT2D eigenvalue weighted by atomic mass is 10.4. The molecule has 0 saturated heterocycles. The Kier molecular flexibility index (Phi) is 9.80. The Morgan fingerprint density at radius 3 is 2.77 bits per heavy atom. The maximum absolute atomic E-state index is 8.42. The summed E-state index contributed by atoms with van der Waals surface area (Å²) in [4.78, 5) is 0. The van der Waals surface area contributed by atoms with Crippen molar-refractivity contribution >= 4 is 0 Å². The number of aliphatic hydroxyl groups excluding tert-OH is 1. The molecule has 1 unspecified atom stereocenters. The third-order valence-corrected chi connectivity index (χ3v) is 1.54. The summed E-state index contributed by atoms with van der Waals surface area (Å²) < 4.78 is 10.4. The van der Waals surface area contributed by atoms with E-state index >= 15 is 0 Å². The maximum atomic E-state index is 8.42. The van der Waals surface area contributed by atoms with Crippen molar-refractivity contribution in [1.82, 2.24) is 5.32 Å². The van der Waals surface area contributed by atoms with Gasteiger partial charge in [0.1, 0.15) is 0 Å². The molecule has 0 radical (unpaired) electrons. The standard InChI is InChI=1S/C9H21NO3/c1-3-13-9(2)8-10-4-6-12-7-5-11/h9-11H,3-8H2,1-2H3. The fourth-order valence-electron chi connectivity index (χ4n) is 0.960. The minimum absolute atomic E-state index is 0.0926. The van der Waals surface area contributed by atoms with E-state index in [1.54, 1.807) is 0 Å². The molecule has 0 spiro atoms. The van der Waals surface area contributed by atoms with Crippen molar-refractivity contribution < 1.29 is 14.6 Å². The number of nitrogens with one attached hydrogen (secondary N) is 1. The van der Waals surface area contributed by atoms with Crippen molar-refractivity contribution in [3.63, 3.8) is 0 Å². The maximum Gasteiger partial charge on any atom is 0.0698 e. The van der Waals surface area contributed by atoms with E-state index in [1.165, 1.54) is 0 Å². The van der Waals surface area contributed by atoms with E-state index in [9.17, 15) is 0 Å². The van der Waals surface area contributed by atoms with Crippen LogP contribution in [-0.4, -0.2) is 50.7 Å². The summed E-state index contributed by atoms with van der Waals surface area (Å²) in [6.07, 6.45) is 0.253. The van der Waals surface area contributed by atoms with Crippen LogP contribution in [0.5, 0.6) is 0 Å². The average molecular weight is 191 g/mol. The number of hydrogen-bond acceptors (Lipinski definition) is 4. The highest BCUT2D eigenvalue weighted by Gasteiger charge is 1.98. The van der Waals surface area contributed by atoms with Crippen LogP contribution in [-0.2, 0) is 9.47 Å². The fraction of sp³-hybridized carbons (Fsp3) is 1.00. The van der Waals surface area contributed by atoms with Crippen molar-refractivity contribution in [3.05, 3.63) is 0 Å². The van der Waals surface area contributed by atoms with Crippen LogP contribution in [0.25, 0.3) is 0 Å². The second-order valence-corrected chi connectivity index (χ2v) is 2.81. The van der Waals surface area contributed by atoms with Crippen molar-refractivity contribution in [2.45, 2.75) is 20.0 Å². The molecular weight excluding hydrogens is 170 g/mol. The molecule has 0 bridgehead atoms. The Balaban J connectivity index is 2.97. The van der Waals surface area contributed by atoms with Gasteiger partial charge in [0.2, 0.25) is 0 Å². The molecule has 0 rings (SSSR count). The molecule has 0 saturated carbocycles. The lowest BCUT2D eigenvalue weighted by Crippen LogP contribution is -2.29. The number of hydrogen-bond donors (Lipinski definition) is 2. The SMILES string of the molecule is CCOC(C)CNCCOCCO. The predicted molar refractivity (Wildman–Crippen MR) is 51.9 cm³/mol. The highest BCUT2D eigenvalue weighted by molar-refractivity contribution is 4.54. The van der Waals surface area contributed by atoms with Gasteiger partial charge in [0.05, 0.1) is 25.9 Å². The molecule has 0 aliphatic rings. The van der Waals surface area contributed by atoms with E-state index in [-0.39, 0.29) is 12.7 Å². The largest absolute Gasteiger partial charge is 0.394 e. The molecule has 1 atom stereocenters. The fourth-order valence-corrected chi connectivity index (χ4v) is 0.960. The lowest BCUT2D eigenvalue weighted by molar-refractivity contribution is 0.0688. The second kappa shape index (κ2) is 9.92. The Labute approximate surface area is 80.2 Å². The third kappa shape index (κ3) is 9.76. The molecule has 0 aromatic heterocycles. The van der Waals surface area contributed by atoms with Crippen LogP contribution < -0.4 is 5.32 Å². The Morgan fingerprint density at radius 2 is 2.15 bits per heavy atom. The first-order valence-corrected chi connectivity index (χ1v) is 4.82. The normalized spacial score (nSPS) is 13.2. The van der Waals surface area contributed by atoms with Gasteiger partial charge >= 0.3 is 0 Å². The summed E-state index contributed by atoms with van der Waals surface area (Å²) in [6.45, 7) is 7.57. The van der Waals surface area contributed by atoms with Crippen molar-refractivity contribution in [1.29, 1.82) is 0 Å². The molecule has 2 N–H and O–H groups in total. The van der Waals surface area contributed by atoms with E-state index < -0.39 is 0 Å². The van der Waals surface area contributed by atoms with Crippen LogP contribution in [0.15, 0.2) is 0 Å². The first-order chi connectivity index (χ1) is 6.31. The summed E-state index contributed by atoms with van der Waals surface area (Å²) in [5.74, 6) is 0. The summed E-state index contributed by atoms with van der Waals surface area (Å²) in [5.41, 5.74) is 0. The molecule has 0 heterocycles. The Morgan fingerprint density at radius 1 is 1.38 bits per heavy atom. The van der Waals surface area contributed by atoms with Crippen molar-refractivity contribution in [2.24, 2.45) is 0 Å². The van der Waals surface area contributed by atoms with Crippen molar-refractivity contribution in [3.8, 4) is 0 Å². The van der Waals surface area contributed by atoms with Gasteiger partial charge in [0.15, 0.2) is 0 Å². The minimum Gasteiger partial charge on any atom is -0.394 e. The zero-order chi connectivity index (χ0) is 9.94. The molecule has 0 fully saturated rings. The van der Waals surface area contributed by atoms with Gasteiger partial charge in [-0.05, 0) is 13.8 Å². The molecule has 4 heteroatoms. The molecule has 80 valence electrons. The summed E-state index contributed by atoms with van der Waals surface area (Å²) >= 11 is 0. The van der Waals surface area contributed by atoms with Crippen LogP contribution in [0.3, 0.4) is 0 Å². The van der Waals surface area contributed by atoms with E-state index in [0.717, 1.165) is 19.7 Å². The van der Waals surface area contributed by atoms with Gasteiger partial charge in [-0.3, -0.25) is 0 Å². The molecule has 0 aliphatic heterocycles. The Hall–Kier alpha value is -0.160. The predicted octanol–water partition coefficient (Wildman–Crippen LogP) is 0.00990. The van der Waals surface area contributed by atoms with Gasteiger partial charge in [-0.1, -0.05) is 0 Å². The van der Waals surface area contributed by atoms with Crippen LogP contribution in [0.1, 0.15) is 13.8 Å². The first-order valence-electron chi connectivity index (χ1n) is 4.82. The van der Waals surface area contributed by atoms with Crippen LogP contribution in [0, 0.1) is 0 Å². The Bertz CT molecular complexity index is 101. The van der Waals surface area contributed by atoms with Crippen LogP contribution in [0.4, 0.5) is 0 Å². The molecule has 0 aromatic rings. The molecule has 13 heavy (non-hydrogen) atoms. The van der Waals surface area contributed by atoms with Gasteiger partial charge < -0.3 is 19.9 Å². The second-order valence-electron chi connectivity index (χ2n) is 2.81. The van der Waals surface area contributed by atoms with Gasteiger partial charge in [-0.2, -0.15) is 0 Å². The molecule has 0 aliphatic carbocycles. The van der Waals surface area contributed by atoms with Gasteiger partial charge in [-0.15, -0.1) is 0 Å². The quantitative estimate of drug-likeness (QED) is 0.504. The monoisotopic (exact) mass is 191 g/mol. The average Bonchev–Trinajstić information content (AvgIpc) is 2.11. The highest BCUT2D eigenvalue weighted by Crippen LogP contribution is 1.86. The lowest BCUT2D eigenvalue weighted by Gasteiger charge is -2.12. The molecule has 4 nitrogen and oxygen atoms in total. The summed E-state index contributed by atoms with van der Waals surface area (Å²) in [5, 5.41) is 11.6. The first kappa shape index (κ1) is 12.8. The molecule has 0 amide bonds. The molecular formula is C9H21NO3. The van der Waals surface area contributed by atoms with Crippen LogP contribution >= 0.6 is 0 Å². The zero-order valence-electron chi connectivity index (χ0n) is 8.58. The smallest absolute Gasteiger partial charge is 0.0698 e. The van der Waals surface area contributed by atoms with E-state index in [4.69, 9.17) is 14.6 Å². The summed E-state index contributed by atoms with van der Waals surface area (Å²) in [6, 6.07) is 0. The van der Waals surface area contributed by atoms with Gasteiger partial charge in [0.25, 0.3) is 0 Å². The number of rotatable bonds is 9. The number of ether oxygens (including phenoxy) is 2. The topological polar surface area (TPSA) is 50.7 Å². The third-order valence-electron chi connectivity index (χ3n) is 1.54. The van der Waals surface area contributed by atoms with E-state index in [1.807, 2.05) is 13.8 Å². The van der Waals surface area contributed by atoms with Gasteiger partial charge in [-0.25, -0.2) is 0 Å².